The highest BCUT2D eigenvalue weighted by Crippen LogP contribution is 2.17. The third-order valence-electron chi connectivity index (χ3n) is 3.34. The van der Waals surface area contributed by atoms with Crippen molar-refractivity contribution >= 4 is 0 Å². The first-order chi connectivity index (χ1) is 8.31. The Morgan fingerprint density at radius 1 is 1.35 bits per heavy atom. The van der Waals surface area contributed by atoms with Gasteiger partial charge in [0, 0.05) is 20.2 Å². The Hall–Kier alpha value is -0.900. The quantitative estimate of drug-likeness (QED) is 0.796. The van der Waals surface area contributed by atoms with Crippen LogP contribution in [-0.4, -0.2) is 43.9 Å². The van der Waals surface area contributed by atoms with E-state index in [4.69, 9.17) is 9.47 Å². The fourth-order valence-corrected chi connectivity index (χ4v) is 2.36. The largest absolute Gasteiger partial charge is 0.383 e. The highest BCUT2D eigenvalue weighted by atomic mass is 16.5. The maximum absolute atomic E-state index is 5.69. The van der Waals surface area contributed by atoms with Crippen molar-refractivity contribution in [2.45, 2.75) is 25.6 Å². The zero-order valence-electron chi connectivity index (χ0n) is 10.6. The van der Waals surface area contributed by atoms with Gasteiger partial charge in [-0.1, -0.05) is 30.3 Å². The molecule has 1 fully saturated rings. The van der Waals surface area contributed by atoms with Gasteiger partial charge in [0.25, 0.3) is 0 Å². The summed E-state index contributed by atoms with van der Waals surface area (Å²) in [4.78, 5) is 2.45. The molecule has 2 atom stereocenters. The van der Waals surface area contributed by atoms with Crippen LogP contribution in [0.4, 0.5) is 0 Å². The molecule has 0 aliphatic carbocycles. The molecule has 1 saturated heterocycles. The average Bonchev–Trinajstić information content (AvgIpc) is 2.35. The van der Waals surface area contributed by atoms with Crippen LogP contribution in [0.3, 0.4) is 0 Å². The smallest absolute Gasteiger partial charge is 0.0725 e. The second-order valence-corrected chi connectivity index (χ2v) is 4.55. The van der Waals surface area contributed by atoms with Gasteiger partial charge in [0.15, 0.2) is 0 Å². The van der Waals surface area contributed by atoms with Crippen LogP contribution >= 0.6 is 0 Å². The van der Waals surface area contributed by atoms with Gasteiger partial charge >= 0.3 is 0 Å². The van der Waals surface area contributed by atoms with Gasteiger partial charge in [-0.05, 0) is 12.5 Å². The van der Waals surface area contributed by atoms with E-state index in [1.54, 1.807) is 7.11 Å². The molecule has 0 spiro atoms. The molecule has 1 heterocycles. The normalized spacial score (nSPS) is 26.0. The van der Waals surface area contributed by atoms with Gasteiger partial charge in [-0.3, -0.25) is 4.90 Å². The average molecular weight is 235 g/mol. The number of rotatable bonds is 4. The second-order valence-electron chi connectivity index (χ2n) is 4.55. The van der Waals surface area contributed by atoms with E-state index >= 15 is 0 Å². The van der Waals surface area contributed by atoms with Crippen LogP contribution in [0.25, 0.3) is 0 Å². The molecular formula is C14H21NO2. The molecule has 0 amide bonds. The molecular weight excluding hydrogens is 214 g/mol. The number of hydrogen-bond donors (Lipinski definition) is 0. The first-order valence-corrected chi connectivity index (χ1v) is 6.20. The van der Waals surface area contributed by atoms with Crippen LogP contribution in [0.1, 0.15) is 12.5 Å². The third-order valence-corrected chi connectivity index (χ3v) is 3.34. The van der Waals surface area contributed by atoms with Crippen molar-refractivity contribution in [3.8, 4) is 0 Å². The van der Waals surface area contributed by atoms with Gasteiger partial charge < -0.3 is 9.47 Å². The van der Waals surface area contributed by atoms with E-state index in [1.165, 1.54) is 5.56 Å². The van der Waals surface area contributed by atoms with Crippen LogP contribution in [0, 0.1) is 0 Å². The lowest BCUT2D eigenvalue weighted by Crippen LogP contribution is -2.51. The Kier molecular flexibility index (Phi) is 4.54. The molecule has 0 N–H and O–H groups in total. The Morgan fingerprint density at radius 3 is 2.82 bits per heavy atom. The molecule has 0 aromatic heterocycles. The molecule has 1 aromatic carbocycles. The SMILES string of the molecule is COC[C@H]1[C@H](C)OCCN1Cc1ccccc1. The van der Waals surface area contributed by atoms with Gasteiger partial charge in [0.1, 0.15) is 0 Å². The molecule has 0 saturated carbocycles. The Labute approximate surface area is 103 Å². The van der Waals surface area contributed by atoms with E-state index < -0.39 is 0 Å². The zero-order chi connectivity index (χ0) is 12.1. The summed E-state index contributed by atoms with van der Waals surface area (Å²) in [7, 11) is 1.75. The van der Waals surface area contributed by atoms with Crippen molar-refractivity contribution in [3.63, 3.8) is 0 Å². The number of ether oxygens (including phenoxy) is 2. The molecule has 94 valence electrons. The van der Waals surface area contributed by atoms with Gasteiger partial charge in [0.05, 0.1) is 25.4 Å². The number of hydrogen-bond acceptors (Lipinski definition) is 3. The Balaban J connectivity index is 2.02. The zero-order valence-corrected chi connectivity index (χ0v) is 10.6. The minimum Gasteiger partial charge on any atom is -0.383 e. The predicted octanol–water partition coefficient (Wildman–Crippen LogP) is 1.92. The summed E-state index contributed by atoms with van der Waals surface area (Å²) in [6.07, 6.45) is 0.243. The summed E-state index contributed by atoms with van der Waals surface area (Å²) in [5.74, 6) is 0. The van der Waals surface area contributed by atoms with E-state index in [2.05, 4.69) is 42.2 Å². The second kappa shape index (κ2) is 6.15. The summed E-state index contributed by atoms with van der Waals surface area (Å²) in [5.41, 5.74) is 1.35. The molecule has 1 aliphatic heterocycles. The molecule has 0 bridgehead atoms. The van der Waals surface area contributed by atoms with E-state index in [9.17, 15) is 0 Å². The summed E-state index contributed by atoms with van der Waals surface area (Å²) in [6.45, 7) is 5.62. The number of benzene rings is 1. The minimum atomic E-state index is 0.243. The van der Waals surface area contributed by atoms with Crippen molar-refractivity contribution < 1.29 is 9.47 Å². The predicted molar refractivity (Wildman–Crippen MR) is 67.9 cm³/mol. The van der Waals surface area contributed by atoms with Crippen LogP contribution in [0.5, 0.6) is 0 Å². The van der Waals surface area contributed by atoms with Crippen molar-refractivity contribution in [3.05, 3.63) is 35.9 Å². The van der Waals surface area contributed by atoms with E-state index in [0.29, 0.717) is 6.04 Å². The third kappa shape index (κ3) is 3.28. The fraction of sp³-hybridized carbons (Fsp3) is 0.571. The number of nitrogens with zero attached hydrogens (tertiary/aromatic N) is 1. The highest BCUT2D eigenvalue weighted by Gasteiger charge is 2.28. The highest BCUT2D eigenvalue weighted by molar-refractivity contribution is 5.14. The van der Waals surface area contributed by atoms with E-state index in [1.807, 2.05) is 0 Å². The molecule has 3 heteroatoms. The molecule has 1 aromatic rings. The summed E-state index contributed by atoms with van der Waals surface area (Å²) >= 11 is 0. The summed E-state index contributed by atoms with van der Waals surface area (Å²) in [6, 6.07) is 10.9. The molecule has 3 nitrogen and oxygen atoms in total. The topological polar surface area (TPSA) is 21.7 Å². The minimum absolute atomic E-state index is 0.243. The lowest BCUT2D eigenvalue weighted by molar-refractivity contribution is -0.0856. The van der Waals surface area contributed by atoms with E-state index in [-0.39, 0.29) is 6.10 Å². The molecule has 1 aliphatic rings. The fourth-order valence-electron chi connectivity index (χ4n) is 2.36. The van der Waals surface area contributed by atoms with Crippen LogP contribution in [-0.2, 0) is 16.0 Å². The first-order valence-electron chi connectivity index (χ1n) is 6.20. The monoisotopic (exact) mass is 235 g/mol. The van der Waals surface area contributed by atoms with Crippen LogP contribution < -0.4 is 0 Å². The standard InChI is InChI=1S/C14H21NO2/c1-12-14(11-16-2)15(8-9-17-12)10-13-6-4-3-5-7-13/h3-7,12,14H,8-11H2,1-2H3/t12-,14-/m0/s1. The van der Waals surface area contributed by atoms with Gasteiger partial charge in [-0.2, -0.15) is 0 Å². The van der Waals surface area contributed by atoms with Crippen molar-refractivity contribution in [2.75, 3.05) is 26.9 Å². The van der Waals surface area contributed by atoms with Gasteiger partial charge in [-0.15, -0.1) is 0 Å². The summed E-state index contributed by atoms with van der Waals surface area (Å²) < 4.78 is 11.0. The van der Waals surface area contributed by atoms with Gasteiger partial charge in [-0.25, -0.2) is 0 Å². The van der Waals surface area contributed by atoms with Crippen molar-refractivity contribution in [2.24, 2.45) is 0 Å². The first kappa shape index (κ1) is 12.6. The van der Waals surface area contributed by atoms with Crippen molar-refractivity contribution in [1.82, 2.24) is 4.90 Å². The molecule has 0 unspecified atom stereocenters. The number of morpholine rings is 1. The van der Waals surface area contributed by atoms with E-state index in [0.717, 1.165) is 26.3 Å². The van der Waals surface area contributed by atoms with Crippen LogP contribution in [0.2, 0.25) is 0 Å². The number of methoxy groups -OCH3 is 1. The lowest BCUT2D eigenvalue weighted by Gasteiger charge is -2.39. The maximum Gasteiger partial charge on any atom is 0.0725 e. The van der Waals surface area contributed by atoms with Crippen LogP contribution in [0.15, 0.2) is 30.3 Å². The molecule has 17 heavy (non-hydrogen) atoms. The molecule has 2 rings (SSSR count). The Bertz CT molecular complexity index is 328. The maximum atomic E-state index is 5.69. The molecule has 0 radical (unpaired) electrons. The summed E-state index contributed by atoms with van der Waals surface area (Å²) in [5, 5.41) is 0. The lowest BCUT2D eigenvalue weighted by atomic mass is 10.1. The van der Waals surface area contributed by atoms with Gasteiger partial charge in [0.2, 0.25) is 0 Å². The Morgan fingerprint density at radius 2 is 2.12 bits per heavy atom. The van der Waals surface area contributed by atoms with Crippen molar-refractivity contribution in [1.29, 1.82) is 0 Å².